The van der Waals surface area contributed by atoms with Crippen molar-refractivity contribution in [3.63, 3.8) is 0 Å². The van der Waals surface area contributed by atoms with Gasteiger partial charge in [-0.2, -0.15) is 0 Å². The van der Waals surface area contributed by atoms with E-state index in [4.69, 9.17) is 10.8 Å². The van der Waals surface area contributed by atoms with Gasteiger partial charge < -0.3 is 15.9 Å². The molecule has 1 aliphatic carbocycles. The molecule has 4 N–H and O–H groups in total. The summed E-state index contributed by atoms with van der Waals surface area (Å²) in [6.45, 7) is 0.0667. The fraction of sp³-hybridized carbons (Fsp3) is 0.600. The summed E-state index contributed by atoms with van der Waals surface area (Å²) in [7, 11) is 0. The lowest BCUT2D eigenvalue weighted by atomic mass is 10.2. The highest BCUT2D eigenvalue weighted by atomic mass is 32.1. The lowest BCUT2D eigenvalue weighted by Gasteiger charge is -2.07. The maximum atomic E-state index is 9.65. The number of hydrogen-bond acceptors (Lipinski definition) is 4. The Kier molecular flexibility index (Phi) is 2.76. The van der Waals surface area contributed by atoms with E-state index in [1.165, 1.54) is 17.7 Å². The molecule has 1 heterocycles. The van der Waals surface area contributed by atoms with E-state index in [2.05, 4.69) is 0 Å². The quantitative estimate of drug-likeness (QED) is 0.713. The van der Waals surface area contributed by atoms with E-state index in [0.29, 0.717) is 18.1 Å². The van der Waals surface area contributed by atoms with Gasteiger partial charge in [-0.15, -0.1) is 11.3 Å². The highest BCUT2D eigenvalue weighted by Crippen LogP contribution is 2.47. The zero-order chi connectivity index (χ0) is 10.1. The van der Waals surface area contributed by atoms with Crippen molar-refractivity contribution in [1.29, 1.82) is 0 Å². The minimum Gasteiger partial charge on any atom is -0.507 e. The van der Waals surface area contributed by atoms with Crippen LogP contribution in [-0.2, 0) is 0 Å². The molecule has 1 saturated carbocycles. The van der Waals surface area contributed by atoms with Gasteiger partial charge in [-0.05, 0) is 31.2 Å². The molecule has 0 saturated heterocycles. The van der Waals surface area contributed by atoms with Gasteiger partial charge in [0.05, 0.1) is 4.88 Å². The van der Waals surface area contributed by atoms with Crippen molar-refractivity contribution in [2.24, 2.45) is 5.73 Å². The van der Waals surface area contributed by atoms with Crippen LogP contribution in [0.3, 0.4) is 0 Å². The minimum absolute atomic E-state index is 0.0667. The molecule has 2 rings (SSSR count). The molecule has 4 heteroatoms. The summed E-state index contributed by atoms with van der Waals surface area (Å²) in [5.74, 6) is 0.957. The van der Waals surface area contributed by atoms with Gasteiger partial charge in [0, 0.05) is 17.5 Å². The molecule has 1 unspecified atom stereocenters. The zero-order valence-electron chi connectivity index (χ0n) is 7.94. The molecule has 0 aromatic carbocycles. The molecule has 0 amide bonds. The van der Waals surface area contributed by atoms with Crippen molar-refractivity contribution in [2.45, 2.75) is 31.2 Å². The molecular weight excluding hydrogens is 198 g/mol. The van der Waals surface area contributed by atoms with Gasteiger partial charge in [0.1, 0.15) is 5.75 Å². The van der Waals surface area contributed by atoms with Gasteiger partial charge in [-0.25, -0.2) is 0 Å². The number of rotatable bonds is 4. The molecule has 1 atom stereocenters. The number of aliphatic hydroxyl groups is 1. The molecular formula is C10H15NO2S. The van der Waals surface area contributed by atoms with Gasteiger partial charge in [0.25, 0.3) is 0 Å². The Morgan fingerprint density at radius 2 is 2.29 bits per heavy atom. The molecule has 1 aromatic rings. The van der Waals surface area contributed by atoms with Crippen LogP contribution in [0.25, 0.3) is 0 Å². The Balaban J connectivity index is 2.15. The first-order valence-electron chi connectivity index (χ1n) is 4.91. The van der Waals surface area contributed by atoms with Gasteiger partial charge in [-0.1, -0.05) is 0 Å². The van der Waals surface area contributed by atoms with Crippen LogP contribution in [0.5, 0.6) is 5.75 Å². The predicted molar refractivity (Wildman–Crippen MR) is 56.6 cm³/mol. The van der Waals surface area contributed by atoms with Crippen LogP contribution in [0.2, 0.25) is 0 Å². The van der Waals surface area contributed by atoms with Crippen molar-refractivity contribution in [1.82, 2.24) is 0 Å². The average Bonchev–Trinajstić information content (AvgIpc) is 2.91. The standard InChI is InChI=1S/C10H15NO2S/c11-7(3-4-12)10-8(13)5-9(14-10)6-1-2-6/h5-7,12-13H,1-4,11H2. The zero-order valence-corrected chi connectivity index (χ0v) is 8.76. The van der Waals surface area contributed by atoms with Crippen LogP contribution in [0.4, 0.5) is 0 Å². The first-order chi connectivity index (χ1) is 6.72. The summed E-state index contributed by atoms with van der Waals surface area (Å²) in [6, 6.07) is 1.60. The van der Waals surface area contributed by atoms with Gasteiger partial charge in [0.15, 0.2) is 0 Å². The van der Waals surface area contributed by atoms with Crippen LogP contribution in [0.1, 0.15) is 41.0 Å². The third-order valence-electron chi connectivity index (χ3n) is 2.52. The molecule has 1 aromatic heterocycles. The van der Waals surface area contributed by atoms with E-state index < -0.39 is 0 Å². The average molecular weight is 213 g/mol. The van der Waals surface area contributed by atoms with Gasteiger partial charge >= 0.3 is 0 Å². The van der Waals surface area contributed by atoms with Crippen molar-refractivity contribution < 1.29 is 10.2 Å². The van der Waals surface area contributed by atoms with Crippen LogP contribution in [-0.4, -0.2) is 16.8 Å². The summed E-state index contributed by atoms with van der Waals surface area (Å²) in [5, 5.41) is 18.4. The fourth-order valence-corrected chi connectivity index (χ4v) is 2.78. The highest BCUT2D eigenvalue weighted by Gasteiger charge is 2.27. The second kappa shape index (κ2) is 3.88. The van der Waals surface area contributed by atoms with E-state index in [1.807, 2.05) is 6.07 Å². The topological polar surface area (TPSA) is 66.5 Å². The number of aliphatic hydroxyl groups excluding tert-OH is 1. The van der Waals surface area contributed by atoms with E-state index in [1.54, 1.807) is 11.3 Å². The van der Waals surface area contributed by atoms with Crippen LogP contribution in [0, 0.1) is 0 Å². The Hall–Kier alpha value is -0.580. The first kappa shape index (κ1) is 9.96. The largest absolute Gasteiger partial charge is 0.507 e. The van der Waals surface area contributed by atoms with E-state index in [0.717, 1.165) is 4.88 Å². The Morgan fingerprint density at radius 1 is 1.57 bits per heavy atom. The van der Waals surface area contributed by atoms with Gasteiger partial charge in [0.2, 0.25) is 0 Å². The van der Waals surface area contributed by atoms with Crippen LogP contribution < -0.4 is 5.73 Å². The summed E-state index contributed by atoms with van der Waals surface area (Å²) in [4.78, 5) is 2.06. The molecule has 0 aliphatic heterocycles. The smallest absolute Gasteiger partial charge is 0.131 e. The van der Waals surface area contributed by atoms with Crippen molar-refractivity contribution in [3.8, 4) is 5.75 Å². The van der Waals surface area contributed by atoms with Crippen LogP contribution >= 0.6 is 11.3 Å². The lowest BCUT2D eigenvalue weighted by Crippen LogP contribution is -2.10. The molecule has 78 valence electrons. The number of thiophene rings is 1. The van der Waals surface area contributed by atoms with Crippen molar-refractivity contribution >= 4 is 11.3 Å². The summed E-state index contributed by atoms with van der Waals surface area (Å²) in [5.41, 5.74) is 5.83. The molecule has 0 spiro atoms. The second-order valence-electron chi connectivity index (χ2n) is 3.79. The molecule has 14 heavy (non-hydrogen) atoms. The maximum absolute atomic E-state index is 9.65. The summed E-state index contributed by atoms with van der Waals surface area (Å²) in [6.07, 6.45) is 2.97. The molecule has 3 nitrogen and oxygen atoms in total. The third-order valence-corrected chi connectivity index (χ3v) is 3.93. The van der Waals surface area contributed by atoms with E-state index in [9.17, 15) is 5.11 Å². The SMILES string of the molecule is NC(CCO)c1sc(C2CC2)cc1O. The highest BCUT2D eigenvalue weighted by molar-refractivity contribution is 7.12. The molecule has 1 aliphatic rings. The van der Waals surface area contributed by atoms with Crippen molar-refractivity contribution in [2.75, 3.05) is 6.61 Å². The Bertz CT molecular complexity index is 320. The monoisotopic (exact) mass is 213 g/mol. The minimum atomic E-state index is -0.225. The van der Waals surface area contributed by atoms with Gasteiger partial charge in [-0.3, -0.25) is 0 Å². The second-order valence-corrected chi connectivity index (χ2v) is 4.91. The molecule has 0 bridgehead atoms. The number of nitrogens with two attached hydrogens (primary N) is 1. The molecule has 1 fully saturated rings. The maximum Gasteiger partial charge on any atom is 0.131 e. The molecule has 0 radical (unpaired) electrons. The fourth-order valence-electron chi connectivity index (χ4n) is 1.52. The third kappa shape index (κ3) is 1.92. The number of hydrogen-bond donors (Lipinski definition) is 3. The predicted octanol–water partition coefficient (Wildman–Crippen LogP) is 1.71. The summed E-state index contributed by atoms with van der Waals surface area (Å²) >= 11 is 1.59. The lowest BCUT2D eigenvalue weighted by molar-refractivity contribution is 0.276. The summed E-state index contributed by atoms with van der Waals surface area (Å²) < 4.78 is 0. The number of aromatic hydroxyl groups is 1. The first-order valence-corrected chi connectivity index (χ1v) is 5.73. The van der Waals surface area contributed by atoms with E-state index >= 15 is 0 Å². The van der Waals surface area contributed by atoms with E-state index in [-0.39, 0.29) is 12.6 Å². The van der Waals surface area contributed by atoms with Crippen molar-refractivity contribution in [3.05, 3.63) is 15.8 Å². The Morgan fingerprint density at radius 3 is 2.86 bits per heavy atom. The van der Waals surface area contributed by atoms with Crippen LogP contribution in [0.15, 0.2) is 6.07 Å². The Labute approximate surface area is 87.2 Å². The normalized spacial score (nSPS) is 18.4.